The van der Waals surface area contributed by atoms with Crippen LogP contribution in [0, 0.1) is 6.92 Å². The lowest BCUT2D eigenvalue weighted by molar-refractivity contribution is 0.0957. The number of hydrogen-bond donors (Lipinski definition) is 0. The van der Waals surface area contributed by atoms with Crippen molar-refractivity contribution in [3.05, 3.63) is 101 Å². The van der Waals surface area contributed by atoms with E-state index < -0.39 is 5.63 Å². The first kappa shape index (κ1) is 20.6. The van der Waals surface area contributed by atoms with Gasteiger partial charge >= 0.3 is 5.63 Å². The van der Waals surface area contributed by atoms with Crippen molar-refractivity contribution in [1.82, 2.24) is 0 Å². The zero-order valence-electron chi connectivity index (χ0n) is 17.8. The fourth-order valence-electron chi connectivity index (χ4n) is 3.75. The summed E-state index contributed by atoms with van der Waals surface area (Å²) < 4.78 is 5.70. The third-order valence-electron chi connectivity index (χ3n) is 5.42. The van der Waals surface area contributed by atoms with Gasteiger partial charge in [0.25, 0.3) is 5.91 Å². The minimum atomic E-state index is -0.502. The predicted octanol–water partition coefficient (Wildman–Crippen LogP) is 6.22. The van der Waals surface area contributed by atoms with Gasteiger partial charge in [0.15, 0.2) is 0 Å². The molecule has 1 heterocycles. The molecule has 0 saturated carbocycles. The summed E-state index contributed by atoms with van der Waals surface area (Å²) in [6, 6.07) is 24.7. The van der Waals surface area contributed by atoms with Gasteiger partial charge in [-0.3, -0.25) is 4.79 Å². The summed E-state index contributed by atoms with van der Waals surface area (Å²) in [7, 11) is 0. The highest BCUT2D eigenvalue weighted by Crippen LogP contribution is 2.32. The smallest absolute Gasteiger partial charge is 0.344 e. The van der Waals surface area contributed by atoms with Crippen molar-refractivity contribution in [2.75, 3.05) is 11.4 Å². The van der Waals surface area contributed by atoms with E-state index in [-0.39, 0.29) is 11.7 Å². The summed E-state index contributed by atoms with van der Waals surface area (Å²) in [5.74, 6) is -0.231. The second-order valence-corrected chi connectivity index (χ2v) is 7.65. The highest BCUT2D eigenvalue weighted by atomic mass is 16.4. The molecular weight excluding hydrogens is 386 g/mol. The normalized spacial score (nSPS) is 10.9. The largest absolute Gasteiger partial charge is 0.416 e. The van der Waals surface area contributed by atoms with Crippen LogP contribution < -0.4 is 10.5 Å². The molecule has 0 spiro atoms. The zero-order valence-corrected chi connectivity index (χ0v) is 17.8. The number of aryl methyl sites for hydroxylation is 1. The van der Waals surface area contributed by atoms with Gasteiger partial charge in [-0.1, -0.05) is 79.6 Å². The van der Waals surface area contributed by atoms with Crippen LogP contribution in [0.2, 0.25) is 0 Å². The van der Waals surface area contributed by atoms with Gasteiger partial charge in [0.1, 0.15) is 0 Å². The second-order valence-electron chi connectivity index (χ2n) is 7.65. The van der Waals surface area contributed by atoms with Gasteiger partial charge in [0.2, 0.25) is 5.76 Å². The van der Waals surface area contributed by atoms with Crippen LogP contribution in [0.4, 0.5) is 5.69 Å². The molecule has 4 aromatic rings. The summed E-state index contributed by atoms with van der Waals surface area (Å²) in [5.41, 5.74) is 2.90. The molecule has 0 aliphatic rings. The molecular formula is C27H25NO3. The van der Waals surface area contributed by atoms with E-state index in [1.54, 1.807) is 17.0 Å². The molecule has 0 aliphatic heterocycles. The monoisotopic (exact) mass is 411 g/mol. The van der Waals surface area contributed by atoms with Crippen molar-refractivity contribution in [2.24, 2.45) is 0 Å². The Kier molecular flexibility index (Phi) is 5.99. The molecule has 1 aromatic heterocycles. The van der Waals surface area contributed by atoms with E-state index in [4.69, 9.17) is 4.42 Å². The zero-order chi connectivity index (χ0) is 21.8. The molecule has 3 aromatic carbocycles. The Labute approximate surface area is 181 Å². The van der Waals surface area contributed by atoms with Crippen LogP contribution in [-0.2, 0) is 0 Å². The average molecular weight is 412 g/mol. The Balaban J connectivity index is 1.95. The predicted molar refractivity (Wildman–Crippen MR) is 126 cm³/mol. The van der Waals surface area contributed by atoms with Crippen molar-refractivity contribution in [2.45, 2.75) is 26.7 Å². The third-order valence-corrected chi connectivity index (χ3v) is 5.42. The molecule has 4 heteroatoms. The first-order valence-electron chi connectivity index (χ1n) is 10.6. The van der Waals surface area contributed by atoms with Crippen LogP contribution in [-0.4, -0.2) is 12.5 Å². The number of carbonyl (C=O) groups is 1. The lowest BCUT2D eigenvalue weighted by atomic mass is 9.97. The Morgan fingerprint density at radius 1 is 0.871 bits per heavy atom. The number of hydrogen-bond acceptors (Lipinski definition) is 3. The molecule has 4 rings (SSSR count). The fraction of sp³-hybridized carbons (Fsp3) is 0.185. The Morgan fingerprint density at radius 2 is 1.52 bits per heavy atom. The summed E-state index contributed by atoms with van der Waals surface area (Å²) in [4.78, 5) is 28.3. The van der Waals surface area contributed by atoms with Crippen molar-refractivity contribution in [3.8, 4) is 11.1 Å². The number of para-hydroxylation sites is 1. The molecule has 4 nitrogen and oxygen atoms in total. The van der Waals surface area contributed by atoms with Crippen LogP contribution in [0.15, 0.2) is 88.1 Å². The molecule has 0 bridgehead atoms. The van der Waals surface area contributed by atoms with Gasteiger partial charge in [0.05, 0.1) is 5.39 Å². The second kappa shape index (κ2) is 9.00. The summed E-state index contributed by atoms with van der Waals surface area (Å²) >= 11 is 0. The molecule has 31 heavy (non-hydrogen) atoms. The van der Waals surface area contributed by atoms with E-state index in [0.29, 0.717) is 17.5 Å². The maximum atomic E-state index is 13.8. The molecule has 0 aliphatic carbocycles. The van der Waals surface area contributed by atoms with Gasteiger partial charge < -0.3 is 9.32 Å². The van der Waals surface area contributed by atoms with E-state index in [0.717, 1.165) is 35.0 Å². The lowest BCUT2D eigenvalue weighted by Crippen LogP contribution is -2.33. The van der Waals surface area contributed by atoms with Gasteiger partial charge in [-0.15, -0.1) is 0 Å². The van der Waals surface area contributed by atoms with Crippen LogP contribution in [0.25, 0.3) is 21.9 Å². The molecule has 156 valence electrons. The number of unbranched alkanes of at least 4 members (excludes halogenated alkanes) is 1. The van der Waals surface area contributed by atoms with Crippen LogP contribution in [0.5, 0.6) is 0 Å². The minimum Gasteiger partial charge on any atom is -0.416 e. The van der Waals surface area contributed by atoms with Crippen molar-refractivity contribution >= 4 is 22.4 Å². The van der Waals surface area contributed by atoms with Crippen molar-refractivity contribution in [3.63, 3.8) is 0 Å². The Morgan fingerprint density at radius 3 is 2.19 bits per heavy atom. The van der Waals surface area contributed by atoms with Crippen molar-refractivity contribution in [1.29, 1.82) is 0 Å². The Hall–Kier alpha value is -3.66. The van der Waals surface area contributed by atoms with Crippen LogP contribution in [0.1, 0.15) is 35.9 Å². The number of nitrogens with zero attached hydrogens (tertiary/aromatic N) is 1. The summed E-state index contributed by atoms with van der Waals surface area (Å²) in [6.45, 7) is 4.64. The first-order valence-corrected chi connectivity index (χ1v) is 10.6. The van der Waals surface area contributed by atoms with Crippen LogP contribution >= 0.6 is 0 Å². The molecule has 0 saturated heterocycles. The first-order chi connectivity index (χ1) is 15.1. The quantitative estimate of drug-likeness (QED) is 0.379. The fourth-order valence-corrected chi connectivity index (χ4v) is 3.75. The van der Waals surface area contributed by atoms with E-state index >= 15 is 0 Å². The molecule has 1 amide bonds. The van der Waals surface area contributed by atoms with Gasteiger partial charge in [-0.25, -0.2) is 4.79 Å². The molecule has 0 atom stereocenters. The molecule has 0 radical (unpaired) electrons. The lowest BCUT2D eigenvalue weighted by Gasteiger charge is -2.23. The summed E-state index contributed by atoms with van der Waals surface area (Å²) in [5, 5.41) is 1.18. The maximum absolute atomic E-state index is 13.8. The number of anilines is 1. The van der Waals surface area contributed by atoms with Gasteiger partial charge in [0, 0.05) is 23.2 Å². The average Bonchev–Trinajstić information content (AvgIpc) is 2.81. The number of carbonyl (C=O) groups excluding carboxylic acids is 1. The maximum Gasteiger partial charge on any atom is 0.344 e. The number of fused-ring (bicyclic) bond motifs is 1. The molecule has 0 N–H and O–H groups in total. The van der Waals surface area contributed by atoms with E-state index in [2.05, 4.69) is 6.92 Å². The highest BCUT2D eigenvalue weighted by molar-refractivity contribution is 6.12. The third kappa shape index (κ3) is 4.15. The van der Waals surface area contributed by atoms with Crippen LogP contribution in [0.3, 0.4) is 0 Å². The topological polar surface area (TPSA) is 50.5 Å². The standard InChI is InChI=1S/C27H25NO3/c1-3-4-18-28(21-10-6-5-7-11-21)26(29)25-24(20-16-14-19(2)15-17-20)22-12-8-9-13-23(22)27(30)31-25/h5-17H,3-4,18H2,1-2H3. The number of rotatable bonds is 6. The summed E-state index contributed by atoms with van der Waals surface area (Å²) in [6.07, 6.45) is 1.79. The van der Waals surface area contributed by atoms with E-state index in [1.807, 2.05) is 73.7 Å². The number of amides is 1. The molecule has 0 unspecified atom stereocenters. The van der Waals surface area contributed by atoms with Gasteiger partial charge in [-0.2, -0.15) is 0 Å². The van der Waals surface area contributed by atoms with E-state index in [9.17, 15) is 9.59 Å². The van der Waals surface area contributed by atoms with Gasteiger partial charge in [-0.05, 0) is 37.1 Å². The molecule has 0 fully saturated rings. The number of benzene rings is 3. The minimum absolute atomic E-state index is 0.0764. The Bertz CT molecular complexity index is 1260. The SMILES string of the molecule is CCCCN(C(=O)c1oc(=O)c2ccccc2c1-c1ccc(C)cc1)c1ccccc1. The highest BCUT2D eigenvalue weighted by Gasteiger charge is 2.26. The van der Waals surface area contributed by atoms with Crippen molar-refractivity contribution < 1.29 is 9.21 Å². The van der Waals surface area contributed by atoms with E-state index in [1.165, 1.54) is 0 Å².